The highest BCUT2D eigenvalue weighted by Gasteiger charge is 2.29. The molecule has 0 atom stereocenters. The van der Waals surface area contributed by atoms with Gasteiger partial charge in [-0.15, -0.1) is 0 Å². The lowest BCUT2D eigenvalue weighted by atomic mass is 9.97. The second kappa shape index (κ2) is 10.8. The smallest absolute Gasteiger partial charge is 0.236 e. The van der Waals surface area contributed by atoms with Crippen LogP contribution in [0.3, 0.4) is 0 Å². The summed E-state index contributed by atoms with van der Waals surface area (Å²) in [4.78, 5) is 12.2. The van der Waals surface area contributed by atoms with Crippen molar-refractivity contribution in [2.75, 3.05) is 32.8 Å². The van der Waals surface area contributed by atoms with Crippen LogP contribution in [0.15, 0.2) is 29.7 Å². The highest BCUT2D eigenvalue weighted by molar-refractivity contribution is 7.92. The fraction of sp³-hybridized carbons (Fsp3) is 0.526. The maximum Gasteiger partial charge on any atom is 0.236 e. The largest absolute Gasteiger partial charge is 0.382 e. The highest BCUT2D eigenvalue weighted by atomic mass is 35.5. The Labute approximate surface area is 166 Å². The first-order valence-electron chi connectivity index (χ1n) is 9.21. The van der Waals surface area contributed by atoms with Crippen LogP contribution >= 0.6 is 11.6 Å². The van der Waals surface area contributed by atoms with Crippen LogP contribution < -0.4 is 5.32 Å². The zero-order chi connectivity index (χ0) is 19.7. The van der Waals surface area contributed by atoms with Crippen LogP contribution in [0.25, 0.3) is 6.08 Å². The maximum absolute atomic E-state index is 12.5. The Bertz CT molecular complexity index is 727. The van der Waals surface area contributed by atoms with E-state index in [0.717, 1.165) is 12.0 Å². The van der Waals surface area contributed by atoms with Crippen molar-refractivity contribution in [1.82, 2.24) is 9.62 Å². The molecule has 0 aliphatic carbocycles. The van der Waals surface area contributed by atoms with E-state index in [4.69, 9.17) is 16.3 Å². The van der Waals surface area contributed by atoms with E-state index in [0.29, 0.717) is 50.7 Å². The van der Waals surface area contributed by atoms with Crippen molar-refractivity contribution in [3.8, 4) is 0 Å². The quantitative estimate of drug-likeness (QED) is 0.630. The van der Waals surface area contributed by atoms with E-state index in [1.54, 1.807) is 30.3 Å². The van der Waals surface area contributed by atoms with Gasteiger partial charge in [-0.2, -0.15) is 4.31 Å². The van der Waals surface area contributed by atoms with Crippen LogP contribution in [0, 0.1) is 5.92 Å². The molecule has 1 fully saturated rings. The van der Waals surface area contributed by atoms with Crippen molar-refractivity contribution >= 4 is 33.6 Å². The van der Waals surface area contributed by atoms with E-state index in [1.165, 1.54) is 9.71 Å². The van der Waals surface area contributed by atoms with Crippen molar-refractivity contribution in [2.24, 2.45) is 5.92 Å². The second-order valence-corrected chi connectivity index (χ2v) is 8.67. The molecule has 1 aromatic rings. The fourth-order valence-electron chi connectivity index (χ4n) is 2.87. The number of nitrogens with one attached hydrogen (secondary N) is 1. The molecule has 1 amide bonds. The van der Waals surface area contributed by atoms with E-state index in [2.05, 4.69) is 5.32 Å². The standard InChI is InChI=1S/C19H27ClN2O4S/c1-2-26-14-3-11-21-19(23)17-8-12-22(13-9-17)27(24,25)15-10-16-4-6-18(20)7-5-16/h4-7,10,15,17H,2-3,8-9,11-14H2,1H3,(H,21,23)/b15-10+. The lowest BCUT2D eigenvalue weighted by molar-refractivity contribution is -0.126. The summed E-state index contributed by atoms with van der Waals surface area (Å²) in [6.45, 7) is 4.53. The molecular weight excluding hydrogens is 388 g/mol. The summed E-state index contributed by atoms with van der Waals surface area (Å²) < 4.78 is 31.6. The van der Waals surface area contributed by atoms with Crippen LogP contribution in [-0.2, 0) is 19.6 Å². The Morgan fingerprint density at radius 3 is 2.59 bits per heavy atom. The number of piperidine rings is 1. The maximum atomic E-state index is 12.5. The third kappa shape index (κ3) is 7.25. The molecule has 150 valence electrons. The first kappa shape index (κ1) is 21.9. The number of hydrogen-bond donors (Lipinski definition) is 1. The molecule has 0 aromatic heterocycles. The molecule has 0 radical (unpaired) electrons. The third-order valence-electron chi connectivity index (χ3n) is 4.46. The molecule has 0 spiro atoms. The molecule has 1 aromatic carbocycles. The van der Waals surface area contributed by atoms with Gasteiger partial charge in [0, 0.05) is 49.2 Å². The number of carbonyl (C=O) groups excluding carboxylic acids is 1. The second-order valence-electron chi connectivity index (χ2n) is 6.41. The van der Waals surface area contributed by atoms with Gasteiger partial charge in [0.2, 0.25) is 15.9 Å². The van der Waals surface area contributed by atoms with Crippen molar-refractivity contribution < 1.29 is 17.9 Å². The van der Waals surface area contributed by atoms with Gasteiger partial charge in [-0.3, -0.25) is 4.79 Å². The molecular formula is C19H27ClN2O4S. The van der Waals surface area contributed by atoms with Gasteiger partial charge in [-0.25, -0.2) is 8.42 Å². The van der Waals surface area contributed by atoms with Gasteiger partial charge in [0.1, 0.15) is 0 Å². The third-order valence-corrected chi connectivity index (χ3v) is 6.27. The summed E-state index contributed by atoms with van der Waals surface area (Å²) in [5, 5.41) is 4.72. The molecule has 1 heterocycles. The Morgan fingerprint density at radius 1 is 1.30 bits per heavy atom. The van der Waals surface area contributed by atoms with E-state index in [1.807, 2.05) is 6.92 Å². The fourth-order valence-corrected chi connectivity index (χ4v) is 4.22. The van der Waals surface area contributed by atoms with Gasteiger partial charge in [0.05, 0.1) is 0 Å². The first-order chi connectivity index (χ1) is 12.9. The number of nitrogens with zero attached hydrogens (tertiary/aromatic N) is 1. The van der Waals surface area contributed by atoms with Gasteiger partial charge in [0.25, 0.3) is 0 Å². The van der Waals surface area contributed by atoms with Crippen LogP contribution in [0.5, 0.6) is 0 Å². The van der Waals surface area contributed by atoms with Crippen LogP contribution in [0.1, 0.15) is 31.7 Å². The zero-order valence-electron chi connectivity index (χ0n) is 15.6. The summed E-state index contributed by atoms with van der Waals surface area (Å²) in [6, 6.07) is 6.95. The number of amides is 1. The SMILES string of the molecule is CCOCCCNC(=O)C1CCN(S(=O)(=O)/C=C/c2ccc(Cl)cc2)CC1. The van der Waals surface area contributed by atoms with Crippen LogP contribution in [0.4, 0.5) is 0 Å². The number of rotatable bonds is 9. The first-order valence-corrected chi connectivity index (χ1v) is 11.1. The van der Waals surface area contributed by atoms with Crippen LogP contribution in [-0.4, -0.2) is 51.5 Å². The predicted octanol–water partition coefficient (Wildman–Crippen LogP) is 2.90. The monoisotopic (exact) mass is 414 g/mol. The van der Waals surface area contributed by atoms with Crippen molar-refractivity contribution in [3.05, 3.63) is 40.3 Å². The minimum Gasteiger partial charge on any atom is -0.382 e. The highest BCUT2D eigenvalue weighted by Crippen LogP contribution is 2.21. The molecule has 27 heavy (non-hydrogen) atoms. The molecule has 1 aliphatic rings. The number of ether oxygens (including phenoxy) is 1. The van der Waals surface area contributed by atoms with Crippen molar-refractivity contribution in [3.63, 3.8) is 0 Å². The van der Waals surface area contributed by atoms with E-state index < -0.39 is 10.0 Å². The van der Waals surface area contributed by atoms with Gasteiger partial charge in [-0.1, -0.05) is 23.7 Å². The topological polar surface area (TPSA) is 75.7 Å². The minimum atomic E-state index is -3.50. The average molecular weight is 415 g/mol. The van der Waals surface area contributed by atoms with Gasteiger partial charge >= 0.3 is 0 Å². The lowest BCUT2D eigenvalue weighted by Gasteiger charge is -2.29. The Hall–Kier alpha value is -1.41. The summed E-state index contributed by atoms with van der Waals surface area (Å²) >= 11 is 5.83. The molecule has 2 rings (SSSR count). The Balaban J connectivity index is 1.79. The van der Waals surface area contributed by atoms with Gasteiger partial charge in [0.15, 0.2) is 0 Å². The van der Waals surface area contributed by atoms with Gasteiger partial charge < -0.3 is 10.1 Å². The van der Waals surface area contributed by atoms with E-state index in [-0.39, 0.29) is 11.8 Å². The predicted molar refractivity (Wildman–Crippen MR) is 108 cm³/mol. The van der Waals surface area contributed by atoms with Crippen LogP contribution in [0.2, 0.25) is 5.02 Å². The van der Waals surface area contributed by atoms with E-state index in [9.17, 15) is 13.2 Å². The Morgan fingerprint density at radius 2 is 1.96 bits per heavy atom. The molecule has 1 saturated heterocycles. The molecule has 1 aliphatic heterocycles. The average Bonchev–Trinajstić information content (AvgIpc) is 2.67. The molecule has 0 saturated carbocycles. The summed E-state index contributed by atoms with van der Waals surface area (Å²) in [5.41, 5.74) is 0.768. The number of benzene rings is 1. The zero-order valence-corrected chi connectivity index (χ0v) is 17.1. The number of carbonyl (C=O) groups is 1. The number of hydrogen-bond acceptors (Lipinski definition) is 4. The van der Waals surface area contributed by atoms with E-state index >= 15 is 0 Å². The Kier molecular flexibility index (Phi) is 8.76. The lowest BCUT2D eigenvalue weighted by Crippen LogP contribution is -2.42. The summed E-state index contributed by atoms with van der Waals surface area (Å²) in [5.74, 6) is -0.135. The summed E-state index contributed by atoms with van der Waals surface area (Å²) in [7, 11) is -3.50. The van der Waals surface area contributed by atoms with Crippen molar-refractivity contribution in [1.29, 1.82) is 0 Å². The number of halogens is 1. The van der Waals surface area contributed by atoms with Crippen molar-refractivity contribution in [2.45, 2.75) is 26.2 Å². The molecule has 0 bridgehead atoms. The normalized spacial score (nSPS) is 16.7. The molecule has 6 nitrogen and oxygen atoms in total. The summed E-state index contributed by atoms with van der Waals surface area (Å²) in [6.07, 6.45) is 3.40. The minimum absolute atomic E-state index is 0.000234. The molecule has 0 unspecified atom stereocenters. The molecule has 8 heteroatoms. The van der Waals surface area contributed by atoms with Gasteiger partial charge in [-0.05, 0) is 50.0 Å². The number of sulfonamides is 1. The molecule has 1 N–H and O–H groups in total.